The Morgan fingerprint density at radius 2 is 1.10 bits per heavy atom. The van der Waals surface area contributed by atoms with Crippen molar-refractivity contribution < 1.29 is 93.9 Å². The van der Waals surface area contributed by atoms with Crippen LogP contribution < -0.4 is 26.1 Å². The van der Waals surface area contributed by atoms with Crippen molar-refractivity contribution in [3.8, 4) is 5.75 Å². The van der Waals surface area contributed by atoms with Crippen molar-refractivity contribution in [1.82, 2.24) is 15.7 Å². The Bertz CT molecular complexity index is 1850. The summed E-state index contributed by atoms with van der Waals surface area (Å²) >= 11 is 0. The molecule has 5 N–H and O–H groups in total. The molecule has 25 heteroatoms. The summed E-state index contributed by atoms with van der Waals surface area (Å²) < 4.78 is 112. The number of urea groups is 1. The Morgan fingerprint density at radius 3 is 1.57 bits per heavy atom. The number of halogens is 4. The van der Waals surface area contributed by atoms with Crippen molar-refractivity contribution in [2.24, 2.45) is 10.7 Å². The van der Waals surface area contributed by atoms with Gasteiger partial charge in [-0.15, -0.1) is 0 Å². The molecular formula is C45H67F4N6O15+. The highest BCUT2D eigenvalue weighted by atomic mass is 19.2. The third-order valence-electron chi connectivity index (χ3n) is 9.02. The van der Waals surface area contributed by atoms with Crippen molar-refractivity contribution in [2.75, 3.05) is 158 Å². The second kappa shape index (κ2) is 37.8. The number of esters is 1. The molecule has 1 aliphatic rings. The first-order valence-corrected chi connectivity index (χ1v) is 22.9. The Kier molecular flexibility index (Phi) is 32.1. The van der Waals surface area contributed by atoms with Crippen LogP contribution in [-0.4, -0.2) is 187 Å². The highest BCUT2D eigenvalue weighted by molar-refractivity contribution is 6.05. The second-order valence-electron chi connectivity index (χ2n) is 14.5. The molecule has 2 aromatic rings. The summed E-state index contributed by atoms with van der Waals surface area (Å²) in [6.45, 7) is 9.51. The molecule has 0 atom stereocenters. The van der Waals surface area contributed by atoms with Gasteiger partial charge in [0.2, 0.25) is 17.4 Å². The minimum atomic E-state index is -1.80. The fraction of sp³-hybridized carbons (Fsp3) is 0.622. The van der Waals surface area contributed by atoms with E-state index in [2.05, 4.69) is 25.3 Å². The quantitative estimate of drug-likeness (QED) is 0.0217. The van der Waals surface area contributed by atoms with Crippen molar-refractivity contribution in [2.45, 2.75) is 26.2 Å². The van der Waals surface area contributed by atoms with E-state index in [1.807, 2.05) is 13.0 Å². The van der Waals surface area contributed by atoms with Gasteiger partial charge in [-0.25, -0.2) is 28.6 Å². The van der Waals surface area contributed by atoms with Crippen LogP contribution in [0.25, 0.3) is 6.08 Å². The fourth-order valence-electron chi connectivity index (χ4n) is 5.67. The number of carbonyl (C=O) groups excluding carboxylic acids is 3. The number of amides is 3. The topological polar surface area (TPSA) is 242 Å². The number of hydrogen-bond donors (Lipinski definition) is 3. The number of hydroxylamine groups is 2. The lowest BCUT2D eigenvalue weighted by molar-refractivity contribution is -0.377. The van der Waals surface area contributed by atoms with Crippen LogP contribution in [0, 0.1) is 23.3 Å². The van der Waals surface area contributed by atoms with E-state index in [0.29, 0.717) is 142 Å². The lowest BCUT2D eigenvalue weighted by atomic mass is 10.1. The van der Waals surface area contributed by atoms with Crippen LogP contribution in [0.15, 0.2) is 35.1 Å². The number of aromatic amines is 1. The van der Waals surface area contributed by atoms with Gasteiger partial charge < -0.3 is 68.5 Å². The number of pyridine rings is 1. The number of aliphatic imine (C=N–C) groups is 1. The smallest absolute Gasteiger partial charge is 0.314 e. The first kappa shape index (κ1) is 59.4. The number of aromatic nitrogens is 1. The lowest BCUT2D eigenvalue weighted by Gasteiger charge is -2.22. The average Bonchev–Trinajstić information content (AvgIpc) is 3.52. The molecule has 3 rings (SSSR count). The number of nitrogens with zero attached hydrogens (tertiary/aromatic N) is 2. The molecule has 1 aliphatic heterocycles. The summed E-state index contributed by atoms with van der Waals surface area (Å²) in [5.41, 5.74) is 7.93. The maximum Gasteiger partial charge on any atom is 0.314 e. The van der Waals surface area contributed by atoms with Gasteiger partial charge in [0, 0.05) is 49.3 Å². The van der Waals surface area contributed by atoms with E-state index in [1.165, 1.54) is 5.06 Å². The number of benzene rings is 1. The minimum Gasteiger partial charge on any atom is -0.420 e. The van der Waals surface area contributed by atoms with Gasteiger partial charge in [0.05, 0.1) is 145 Å². The number of nitrogens with two attached hydrogens (primary N) is 1. The predicted octanol–water partition coefficient (Wildman–Crippen LogP) is 2.46. The van der Waals surface area contributed by atoms with Crippen molar-refractivity contribution >= 4 is 35.5 Å². The molecule has 0 unspecified atom stereocenters. The van der Waals surface area contributed by atoms with Crippen LogP contribution in [0.3, 0.4) is 0 Å². The summed E-state index contributed by atoms with van der Waals surface area (Å²) in [6, 6.07) is 1.45. The SMILES string of the molecule is CCCN(OCCNC(=O)NCCOCCOCCOCCOCCOCCOCCOCCOCCOCCOCCC(=O)Oc1c(F)c(F)cc(F)c1F)C(=O)C1=Cc2cc[nH+]cc2N=C(N)C1. The van der Waals surface area contributed by atoms with E-state index in [4.69, 9.17) is 57.9 Å². The number of ether oxygens (including phenoxy) is 11. The van der Waals surface area contributed by atoms with Gasteiger partial charge in [-0.05, 0) is 12.5 Å². The van der Waals surface area contributed by atoms with Crippen LogP contribution in [0.1, 0.15) is 31.7 Å². The fourth-order valence-corrected chi connectivity index (χ4v) is 5.67. The van der Waals surface area contributed by atoms with Gasteiger partial charge in [-0.2, -0.15) is 8.78 Å². The average molecular weight is 1010 g/mol. The number of rotatable bonds is 41. The molecule has 0 bridgehead atoms. The van der Waals surface area contributed by atoms with Crippen LogP contribution in [0.2, 0.25) is 0 Å². The number of nitrogens with one attached hydrogen (secondary N) is 3. The molecule has 0 radical (unpaired) electrons. The molecule has 0 spiro atoms. The van der Waals surface area contributed by atoms with Crippen LogP contribution >= 0.6 is 0 Å². The third kappa shape index (κ3) is 26.3. The maximum absolute atomic E-state index is 13.6. The third-order valence-corrected chi connectivity index (χ3v) is 9.02. The molecule has 70 heavy (non-hydrogen) atoms. The molecule has 0 saturated carbocycles. The lowest BCUT2D eigenvalue weighted by Crippen LogP contribution is -2.41. The number of hydrogen-bond acceptors (Lipinski definition) is 17. The number of fused-ring (bicyclic) bond motifs is 1. The molecular weight excluding hydrogens is 941 g/mol. The Labute approximate surface area is 404 Å². The number of H-pyrrole nitrogens is 1. The minimum absolute atomic E-state index is 0.0134. The predicted molar refractivity (Wildman–Crippen MR) is 241 cm³/mol. The van der Waals surface area contributed by atoms with E-state index in [0.717, 1.165) is 5.56 Å². The summed E-state index contributed by atoms with van der Waals surface area (Å²) in [7, 11) is 0. The van der Waals surface area contributed by atoms with Gasteiger partial charge >= 0.3 is 12.0 Å². The molecule has 3 amide bonds. The zero-order valence-electron chi connectivity index (χ0n) is 39.6. The standard InChI is InChI=1S/C45H66F4N6O15/c1-2-8-55(44(57)35-30-34-3-5-51-33-38(34)54-39(50)31-35)69-11-7-53-45(58)52-6-10-60-13-15-62-17-19-64-21-23-66-25-27-68-29-28-67-26-24-65-22-20-63-18-16-61-14-12-59-9-4-40(56)70-43-41(48)36(46)32-37(47)42(43)49/h3,5,30,32-33H,2,4,6-29,31H2,1H3,(H2,50,54)(H2,52,53,58)/p+1. The van der Waals surface area contributed by atoms with Gasteiger partial charge in [0.25, 0.3) is 5.91 Å². The Hall–Kier alpha value is -4.93. The number of carbonyl (C=O) groups is 3. The van der Waals surface area contributed by atoms with Crippen LogP contribution in [0.5, 0.6) is 5.75 Å². The largest absolute Gasteiger partial charge is 0.420 e. The zero-order valence-corrected chi connectivity index (χ0v) is 39.6. The summed E-state index contributed by atoms with van der Waals surface area (Å²) in [6.07, 6.45) is 5.69. The van der Waals surface area contributed by atoms with Crippen molar-refractivity contribution in [1.29, 1.82) is 0 Å². The van der Waals surface area contributed by atoms with Gasteiger partial charge in [0.1, 0.15) is 11.5 Å². The summed E-state index contributed by atoms with van der Waals surface area (Å²) in [5, 5.41) is 6.68. The van der Waals surface area contributed by atoms with Gasteiger partial charge in [-0.1, -0.05) is 6.92 Å². The van der Waals surface area contributed by atoms with Crippen molar-refractivity contribution in [3.05, 3.63) is 58.9 Å². The highest BCUT2D eigenvalue weighted by Gasteiger charge is 2.24. The van der Waals surface area contributed by atoms with Gasteiger partial charge in [-0.3, -0.25) is 14.4 Å². The van der Waals surface area contributed by atoms with E-state index in [9.17, 15) is 31.9 Å². The highest BCUT2D eigenvalue weighted by Crippen LogP contribution is 2.27. The molecule has 0 aliphatic carbocycles. The van der Waals surface area contributed by atoms with E-state index in [-0.39, 0.29) is 64.0 Å². The molecule has 0 fully saturated rings. The molecule has 0 saturated heterocycles. The first-order chi connectivity index (χ1) is 34.1. The van der Waals surface area contributed by atoms with E-state index < -0.39 is 41.4 Å². The van der Waals surface area contributed by atoms with E-state index >= 15 is 0 Å². The van der Waals surface area contributed by atoms with Crippen LogP contribution in [-0.2, 0) is 61.8 Å². The Morgan fingerprint density at radius 1 is 0.657 bits per heavy atom. The monoisotopic (exact) mass is 1010 g/mol. The molecule has 2 heterocycles. The van der Waals surface area contributed by atoms with E-state index in [1.54, 1.807) is 18.5 Å². The molecule has 1 aromatic carbocycles. The first-order valence-electron chi connectivity index (χ1n) is 22.9. The zero-order chi connectivity index (χ0) is 50.4. The molecule has 21 nitrogen and oxygen atoms in total. The van der Waals surface area contributed by atoms with Crippen LogP contribution in [0.4, 0.5) is 28.0 Å². The molecule has 1 aromatic heterocycles. The summed E-state index contributed by atoms with van der Waals surface area (Å²) in [5.74, 6) is -9.52. The van der Waals surface area contributed by atoms with Gasteiger partial charge in [0.15, 0.2) is 24.0 Å². The number of amidine groups is 1. The van der Waals surface area contributed by atoms with Crippen molar-refractivity contribution in [3.63, 3.8) is 0 Å². The second-order valence-corrected chi connectivity index (χ2v) is 14.5. The maximum atomic E-state index is 13.6. The normalized spacial score (nSPS) is 12.2. The Balaban J connectivity index is 0.971. The summed E-state index contributed by atoms with van der Waals surface area (Å²) in [4.78, 5) is 50.2. The molecule has 394 valence electrons.